The Balaban J connectivity index is 2.52. The highest BCUT2D eigenvalue weighted by Gasteiger charge is 2.38. The molecule has 118 valence electrons. The average molecular weight is 308 g/mol. The molecule has 1 rings (SSSR count). The minimum Gasteiger partial charge on any atom is -0.497 e. The van der Waals surface area contributed by atoms with Crippen molar-refractivity contribution in [2.45, 2.75) is 58.5 Å². The van der Waals surface area contributed by atoms with Crippen molar-refractivity contribution in [2.24, 2.45) is 4.99 Å². The molecular weight excluding hydrogens is 278 g/mol. The van der Waals surface area contributed by atoms with Crippen LogP contribution in [0, 0.1) is 0 Å². The Morgan fingerprint density at radius 2 is 1.76 bits per heavy atom. The van der Waals surface area contributed by atoms with Crippen molar-refractivity contribution in [3.8, 4) is 5.75 Å². The van der Waals surface area contributed by atoms with Crippen LogP contribution in [0.15, 0.2) is 29.3 Å². The minimum absolute atomic E-state index is 0.0594. The van der Waals surface area contributed by atoms with Gasteiger partial charge < -0.3 is 9.16 Å². The van der Waals surface area contributed by atoms with Crippen molar-refractivity contribution >= 4 is 14.5 Å². The lowest BCUT2D eigenvalue weighted by Gasteiger charge is -2.37. The van der Waals surface area contributed by atoms with Gasteiger partial charge in [0.1, 0.15) is 5.75 Å². The second-order valence-electron chi connectivity index (χ2n) is 6.92. The highest BCUT2D eigenvalue weighted by atomic mass is 28.4. The van der Waals surface area contributed by atoms with E-state index in [0.717, 1.165) is 5.75 Å². The summed E-state index contributed by atoms with van der Waals surface area (Å²) in [7, 11) is -0.0438. The van der Waals surface area contributed by atoms with E-state index in [9.17, 15) is 0 Å². The minimum atomic E-state index is -1.72. The van der Waals surface area contributed by atoms with Crippen LogP contribution in [-0.2, 0) is 11.0 Å². The van der Waals surface area contributed by atoms with Crippen LogP contribution in [0.2, 0.25) is 18.1 Å². The van der Waals surface area contributed by atoms with Crippen molar-refractivity contribution in [3.63, 3.8) is 0 Å². The summed E-state index contributed by atoms with van der Waals surface area (Å²) in [6.45, 7) is 14.0. The van der Waals surface area contributed by atoms with Gasteiger partial charge in [-0.15, -0.1) is 0 Å². The molecule has 0 aliphatic carbocycles. The summed E-state index contributed by atoms with van der Waals surface area (Å²) in [6.07, 6.45) is 1.98. The maximum absolute atomic E-state index is 6.25. The zero-order chi connectivity index (χ0) is 16.1. The van der Waals surface area contributed by atoms with Crippen LogP contribution in [0.4, 0.5) is 0 Å². The molecule has 0 aliphatic rings. The van der Waals surface area contributed by atoms with Crippen molar-refractivity contribution in [1.82, 2.24) is 0 Å². The first kappa shape index (κ1) is 17.9. The van der Waals surface area contributed by atoms with Crippen LogP contribution in [0.5, 0.6) is 5.75 Å². The molecule has 0 fully saturated rings. The normalized spacial score (nSPS) is 14.4. The Labute approximate surface area is 130 Å². The first-order chi connectivity index (χ1) is 9.65. The summed E-state index contributed by atoms with van der Waals surface area (Å²) in [5.41, 5.74) is 1.17. The maximum Gasteiger partial charge on any atom is 0.192 e. The molecule has 0 aliphatic heterocycles. The Hall–Kier alpha value is -1.13. The smallest absolute Gasteiger partial charge is 0.192 e. The zero-order valence-electron chi connectivity index (χ0n) is 14.4. The lowest BCUT2D eigenvalue weighted by atomic mass is 10.2. The zero-order valence-corrected chi connectivity index (χ0v) is 15.4. The maximum atomic E-state index is 6.25. The Bertz CT molecular complexity index is 461. The lowest BCUT2D eigenvalue weighted by molar-refractivity contribution is 0.263. The number of aliphatic imine (C=N–C) groups is 1. The Morgan fingerprint density at radius 3 is 2.24 bits per heavy atom. The topological polar surface area (TPSA) is 30.8 Å². The van der Waals surface area contributed by atoms with E-state index in [2.05, 4.69) is 45.8 Å². The third kappa shape index (κ3) is 5.63. The van der Waals surface area contributed by atoms with Gasteiger partial charge in [0.15, 0.2) is 8.32 Å². The van der Waals surface area contributed by atoms with Gasteiger partial charge in [-0.25, -0.2) is 0 Å². The summed E-state index contributed by atoms with van der Waals surface area (Å²) >= 11 is 0. The number of hydrogen-bond donors (Lipinski definition) is 0. The predicted octanol–water partition coefficient (Wildman–Crippen LogP) is 4.68. The average Bonchev–Trinajstić information content (AvgIpc) is 2.37. The first-order valence-electron chi connectivity index (χ1n) is 7.46. The van der Waals surface area contributed by atoms with E-state index < -0.39 is 8.32 Å². The van der Waals surface area contributed by atoms with Crippen LogP contribution in [0.3, 0.4) is 0 Å². The standard InChI is InChI=1S/C17H29NO2Si/c1-14(20-21(6,7)17(2,3)4)12-18-13-15-8-10-16(19-5)11-9-15/h8-12,14H,13H2,1-7H3. The second-order valence-corrected chi connectivity index (χ2v) is 11.7. The molecule has 0 aromatic heterocycles. The van der Waals surface area contributed by atoms with Gasteiger partial charge in [0, 0.05) is 6.21 Å². The van der Waals surface area contributed by atoms with Crippen LogP contribution in [0.25, 0.3) is 0 Å². The lowest BCUT2D eigenvalue weighted by Crippen LogP contribution is -2.43. The van der Waals surface area contributed by atoms with Crippen LogP contribution in [-0.4, -0.2) is 27.7 Å². The van der Waals surface area contributed by atoms with Crippen molar-refractivity contribution in [3.05, 3.63) is 29.8 Å². The monoisotopic (exact) mass is 307 g/mol. The fourth-order valence-electron chi connectivity index (χ4n) is 1.71. The van der Waals surface area contributed by atoms with Gasteiger partial charge >= 0.3 is 0 Å². The van der Waals surface area contributed by atoms with Gasteiger partial charge in [-0.2, -0.15) is 0 Å². The molecule has 0 spiro atoms. The quantitative estimate of drug-likeness (QED) is 0.564. The summed E-state index contributed by atoms with van der Waals surface area (Å²) in [5.74, 6) is 0.873. The largest absolute Gasteiger partial charge is 0.497 e. The van der Waals surface area contributed by atoms with E-state index in [4.69, 9.17) is 9.16 Å². The van der Waals surface area contributed by atoms with Crippen LogP contribution in [0.1, 0.15) is 33.3 Å². The van der Waals surface area contributed by atoms with Crippen LogP contribution < -0.4 is 4.74 Å². The molecule has 0 heterocycles. The van der Waals surface area contributed by atoms with E-state index in [-0.39, 0.29) is 11.1 Å². The molecule has 21 heavy (non-hydrogen) atoms. The molecule has 1 aromatic carbocycles. The number of benzene rings is 1. The summed E-state index contributed by atoms with van der Waals surface area (Å²) < 4.78 is 11.4. The molecule has 4 heteroatoms. The van der Waals surface area contributed by atoms with Crippen LogP contribution >= 0.6 is 0 Å². The summed E-state index contributed by atoms with van der Waals surface area (Å²) in [5, 5.41) is 0.227. The molecular formula is C17H29NO2Si. The molecule has 1 atom stereocenters. The SMILES string of the molecule is COc1ccc(CN=CC(C)O[Si](C)(C)C(C)(C)C)cc1. The van der Waals surface area contributed by atoms with E-state index >= 15 is 0 Å². The van der Waals surface area contributed by atoms with Gasteiger partial charge in [0.2, 0.25) is 0 Å². The van der Waals surface area contributed by atoms with Gasteiger partial charge in [-0.05, 0) is 42.8 Å². The molecule has 0 amide bonds. The molecule has 0 radical (unpaired) electrons. The highest BCUT2D eigenvalue weighted by Crippen LogP contribution is 2.37. The molecule has 0 saturated carbocycles. The second kappa shape index (κ2) is 7.23. The van der Waals surface area contributed by atoms with Gasteiger partial charge in [-0.3, -0.25) is 4.99 Å². The molecule has 1 aromatic rings. The van der Waals surface area contributed by atoms with Gasteiger partial charge in [0.25, 0.3) is 0 Å². The van der Waals surface area contributed by atoms with Gasteiger partial charge in [0.05, 0.1) is 19.8 Å². The Kier molecular flexibility index (Phi) is 6.17. The number of nitrogens with zero attached hydrogens (tertiary/aromatic N) is 1. The number of ether oxygens (including phenoxy) is 1. The molecule has 3 nitrogen and oxygen atoms in total. The van der Waals surface area contributed by atoms with Crippen molar-refractivity contribution in [2.75, 3.05) is 7.11 Å². The number of rotatable bonds is 6. The fourth-order valence-corrected chi connectivity index (χ4v) is 3.05. The van der Waals surface area contributed by atoms with Gasteiger partial charge in [-0.1, -0.05) is 32.9 Å². The first-order valence-corrected chi connectivity index (χ1v) is 10.4. The highest BCUT2D eigenvalue weighted by molar-refractivity contribution is 6.74. The summed E-state index contributed by atoms with van der Waals surface area (Å²) in [4.78, 5) is 4.49. The number of methoxy groups -OCH3 is 1. The van der Waals surface area contributed by atoms with Crippen molar-refractivity contribution in [1.29, 1.82) is 0 Å². The van der Waals surface area contributed by atoms with E-state index in [1.165, 1.54) is 5.56 Å². The number of hydrogen-bond acceptors (Lipinski definition) is 3. The van der Waals surface area contributed by atoms with E-state index in [1.54, 1.807) is 7.11 Å². The Morgan fingerprint density at radius 1 is 1.19 bits per heavy atom. The molecule has 1 unspecified atom stereocenters. The van der Waals surface area contributed by atoms with E-state index in [0.29, 0.717) is 6.54 Å². The predicted molar refractivity (Wildman–Crippen MR) is 92.9 cm³/mol. The third-order valence-corrected chi connectivity index (χ3v) is 8.61. The summed E-state index contributed by atoms with van der Waals surface area (Å²) in [6, 6.07) is 7.99. The van der Waals surface area contributed by atoms with E-state index in [1.807, 2.05) is 30.5 Å². The molecule has 0 bridgehead atoms. The molecule has 0 N–H and O–H groups in total. The molecule has 0 saturated heterocycles. The fraction of sp³-hybridized carbons (Fsp3) is 0.588. The van der Waals surface area contributed by atoms with Crippen molar-refractivity contribution < 1.29 is 9.16 Å². The third-order valence-electron chi connectivity index (χ3n) is 4.03.